The van der Waals surface area contributed by atoms with Crippen LogP contribution in [0.2, 0.25) is 0 Å². The predicted molar refractivity (Wildman–Crippen MR) is 58.7 cm³/mol. The minimum absolute atomic E-state index is 0.141. The molecule has 0 atom stereocenters. The smallest absolute Gasteiger partial charge is 0.329 e. The van der Waals surface area contributed by atoms with Gasteiger partial charge in [0.15, 0.2) is 5.82 Å². The van der Waals surface area contributed by atoms with Crippen molar-refractivity contribution in [3.63, 3.8) is 0 Å². The van der Waals surface area contributed by atoms with Crippen molar-refractivity contribution in [1.82, 2.24) is 15.1 Å². The fourth-order valence-electron chi connectivity index (χ4n) is 1.04. The summed E-state index contributed by atoms with van der Waals surface area (Å²) in [4.78, 5) is 21.4. The van der Waals surface area contributed by atoms with Gasteiger partial charge in [-0.3, -0.25) is 10.00 Å². The van der Waals surface area contributed by atoms with E-state index in [9.17, 15) is 9.59 Å². The first-order valence-corrected chi connectivity index (χ1v) is 4.92. The highest BCUT2D eigenvalue weighted by atomic mass is 16.5. The number of rotatable bonds is 6. The number of nitrogens with one attached hydrogen (secondary N) is 2. The summed E-state index contributed by atoms with van der Waals surface area (Å²) in [5.41, 5.74) is 0. The molecule has 0 radical (unpaired) electrons. The van der Waals surface area contributed by atoms with Gasteiger partial charge in [0.2, 0.25) is 0 Å². The van der Waals surface area contributed by atoms with Gasteiger partial charge in [-0.15, -0.1) is 0 Å². The van der Waals surface area contributed by atoms with Crippen molar-refractivity contribution < 1.29 is 19.4 Å². The molecule has 1 aromatic heterocycles. The van der Waals surface area contributed by atoms with Crippen molar-refractivity contribution in [1.29, 1.82) is 0 Å². The maximum atomic E-state index is 11.3. The zero-order chi connectivity index (χ0) is 12.7. The molecular weight excluding hydrogens is 228 g/mol. The molecule has 0 spiro atoms. The summed E-state index contributed by atoms with van der Waals surface area (Å²) in [5.74, 6) is -0.598. The summed E-state index contributed by atoms with van der Waals surface area (Å²) in [6.45, 7) is -0.00255. The van der Waals surface area contributed by atoms with Crippen LogP contribution in [0.25, 0.3) is 0 Å². The van der Waals surface area contributed by atoms with Crippen LogP contribution in [0.3, 0.4) is 0 Å². The van der Waals surface area contributed by atoms with E-state index in [-0.39, 0.29) is 19.8 Å². The third-order valence-corrected chi connectivity index (χ3v) is 1.71. The molecule has 17 heavy (non-hydrogen) atoms. The number of hydrogen-bond acceptors (Lipinski definition) is 4. The fraction of sp³-hybridized carbons (Fsp3) is 0.444. The lowest BCUT2D eigenvalue weighted by molar-refractivity contribution is -0.142. The largest absolute Gasteiger partial charge is 0.480 e. The molecule has 0 saturated carbocycles. The lowest BCUT2D eigenvalue weighted by Crippen LogP contribution is -2.32. The van der Waals surface area contributed by atoms with E-state index in [0.29, 0.717) is 5.82 Å². The van der Waals surface area contributed by atoms with Crippen LogP contribution in [0.1, 0.15) is 0 Å². The van der Waals surface area contributed by atoms with Gasteiger partial charge in [0.05, 0.1) is 6.61 Å². The van der Waals surface area contributed by atoms with Gasteiger partial charge in [0.1, 0.15) is 6.61 Å². The van der Waals surface area contributed by atoms with Gasteiger partial charge < -0.3 is 15.2 Å². The van der Waals surface area contributed by atoms with Crippen molar-refractivity contribution in [3.8, 4) is 0 Å². The Morgan fingerprint density at radius 1 is 1.59 bits per heavy atom. The van der Waals surface area contributed by atoms with E-state index in [1.807, 2.05) is 0 Å². The number of urea groups is 1. The molecule has 0 aromatic carbocycles. The summed E-state index contributed by atoms with van der Waals surface area (Å²) in [6.07, 6.45) is 1.70. The van der Waals surface area contributed by atoms with Crippen molar-refractivity contribution in [3.05, 3.63) is 12.3 Å². The quantitative estimate of drug-likeness (QED) is 0.591. The minimum atomic E-state index is -1.04. The maximum Gasteiger partial charge on any atom is 0.329 e. The summed E-state index contributed by atoms with van der Waals surface area (Å²) in [5, 5.41) is 17.2. The van der Waals surface area contributed by atoms with E-state index in [0.717, 1.165) is 0 Å². The number of amides is 2. The number of aryl methyl sites for hydroxylation is 1. The molecule has 94 valence electrons. The third-order valence-electron chi connectivity index (χ3n) is 1.71. The van der Waals surface area contributed by atoms with Crippen LogP contribution in [-0.4, -0.2) is 46.6 Å². The topological polar surface area (TPSA) is 105 Å². The van der Waals surface area contributed by atoms with E-state index >= 15 is 0 Å². The van der Waals surface area contributed by atoms with Gasteiger partial charge in [0.25, 0.3) is 0 Å². The molecule has 0 aliphatic rings. The lowest BCUT2D eigenvalue weighted by Gasteiger charge is -2.05. The Morgan fingerprint density at radius 2 is 2.35 bits per heavy atom. The molecule has 8 heteroatoms. The van der Waals surface area contributed by atoms with Gasteiger partial charge in [-0.2, -0.15) is 5.10 Å². The number of nitrogens with zero attached hydrogens (tertiary/aromatic N) is 2. The van der Waals surface area contributed by atoms with Crippen LogP contribution >= 0.6 is 0 Å². The number of aliphatic carboxylic acids is 1. The molecule has 1 rings (SSSR count). The number of ether oxygens (including phenoxy) is 1. The average Bonchev–Trinajstić information content (AvgIpc) is 2.63. The molecule has 0 aliphatic carbocycles. The molecule has 3 N–H and O–H groups in total. The molecule has 8 nitrogen and oxygen atoms in total. The Kier molecular flexibility index (Phi) is 4.95. The highest BCUT2D eigenvalue weighted by Crippen LogP contribution is 1.99. The second kappa shape index (κ2) is 6.48. The van der Waals surface area contributed by atoms with Crippen LogP contribution in [-0.2, 0) is 16.6 Å². The van der Waals surface area contributed by atoms with Gasteiger partial charge in [-0.25, -0.2) is 9.59 Å². The van der Waals surface area contributed by atoms with E-state index in [2.05, 4.69) is 15.7 Å². The van der Waals surface area contributed by atoms with Crippen LogP contribution in [0, 0.1) is 0 Å². The number of carboxylic acid groups (broad SMARTS) is 1. The zero-order valence-corrected chi connectivity index (χ0v) is 9.34. The molecule has 1 heterocycles. The minimum Gasteiger partial charge on any atom is -0.480 e. The number of anilines is 1. The Labute approximate surface area is 97.6 Å². The molecule has 2 amide bonds. The van der Waals surface area contributed by atoms with Gasteiger partial charge in [-0.1, -0.05) is 0 Å². The highest BCUT2D eigenvalue weighted by Gasteiger charge is 2.03. The first-order valence-electron chi connectivity index (χ1n) is 4.92. The molecule has 1 aromatic rings. The summed E-state index contributed by atoms with van der Waals surface area (Å²) >= 11 is 0. The summed E-state index contributed by atoms with van der Waals surface area (Å²) in [6, 6.07) is 1.24. The number of carbonyl (C=O) groups excluding carboxylic acids is 1. The lowest BCUT2D eigenvalue weighted by atomic mass is 10.6. The van der Waals surface area contributed by atoms with Crippen molar-refractivity contribution in [2.75, 3.05) is 25.1 Å². The Morgan fingerprint density at radius 3 is 2.94 bits per heavy atom. The molecule has 0 bridgehead atoms. The zero-order valence-electron chi connectivity index (χ0n) is 9.34. The third kappa shape index (κ3) is 5.52. The number of carbonyl (C=O) groups is 2. The monoisotopic (exact) mass is 242 g/mol. The standard InChI is InChI=1S/C9H14N4O4/c1-13-4-2-7(12-13)11-9(16)10-3-5-17-6-8(14)15/h2,4H,3,5-6H2,1H3,(H,14,15)(H2,10,11,12,16). The highest BCUT2D eigenvalue weighted by molar-refractivity contribution is 5.88. The van der Waals surface area contributed by atoms with E-state index in [1.165, 1.54) is 0 Å². The number of aromatic nitrogens is 2. The van der Waals surface area contributed by atoms with Crippen molar-refractivity contribution >= 4 is 17.8 Å². The Balaban J connectivity index is 2.11. The molecule has 0 aliphatic heterocycles. The normalized spacial score (nSPS) is 9.94. The van der Waals surface area contributed by atoms with Gasteiger partial charge in [-0.05, 0) is 0 Å². The molecular formula is C9H14N4O4. The van der Waals surface area contributed by atoms with E-state index in [1.54, 1.807) is 24.0 Å². The second-order valence-electron chi connectivity index (χ2n) is 3.20. The van der Waals surface area contributed by atoms with Crippen LogP contribution < -0.4 is 10.6 Å². The molecule has 0 fully saturated rings. The fourth-order valence-corrected chi connectivity index (χ4v) is 1.04. The van der Waals surface area contributed by atoms with Crippen LogP contribution in [0.4, 0.5) is 10.6 Å². The van der Waals surface area contributed by atoms with E-state index in [4.69, 9.17) is 9.84 Å². The van der Waals surface area contributed by atoms with Crippen molar-refractivity contribution in [2.45, 2.75) is 0 Å². The van der Waals surface area contributed by atoms with Gasteiger partial charge in [0, 0.05) is 25.9 Å². The first-order chi connectivity index (χ1) is 8.08. The maximum absolute atomic E-state index is 11.3. The average molecular weight is 242 g/mol. The summed E-state index contributed by atoms with van der Waals surface area (Å²) < 4.78 is 6.30. The van der Waals surface area contributed by atoms with Gasteiger partial charge >= 0.3 is 12.0 Å². The second-order valence-corrected chi connectivity index (χ2v) is 3.20. The summed E-state index contributed by atoms with van der Waals surface area (Å²) in [7, 11) is 1.74. The first kappa shape index (κ1) is 13.0. The van der Waals surface area contributed by atoms with Crippen LogP contribution in [0.15, 0.2) is 12.3 Å². The Hall–Kier alpha value is -2.09. The SMILES string of the molecule is Cn1ccc(NC(=O)NCCOCC(=O)O)n1. The Bertz CT molecular complexity index is 390. The molecule has 0 unspecified atom stereocenters. The number of hydrogen-bond donors (Lipinski definition) is 3. The van der Waals surface area contributed by atoms with Crippen molar-refractivity contribution in [2.24, 2.45) is 7.05 Å². The van der Waals surface area contributed by atoms with Crippen LogP contribution in [0.5, 0.6) is 0 Å². The number of carboxylic acids is 1. The predicted octanol–water partition coefficient (Wildman–Crippen LogP) is -0.357. The molecule has 0 saturated heterocycles. The van der Waals surface area contributed by atoms with E-state index < -0.39 is 12.0 Å².